The van der Waals surface area contributed by atoms with Crippen molar-refractivity contribution in [3.05, 3.63) is 33.8 Å². The van der Waals surface area contributed by atoms with Gasteiger partial charge >= 0.3 is 6.09 Å². The molecular weight excluding hydrogens is 261 g/mol. The van der Waals surface area contributed by atoms with Gasteiger partial charge < -0.3 is 10.0 Å². The van der Waals surface area contributed by atoms with Crippen LogP contribution < -0.4 is 0 Å². The largest absolute Gasteiger partial charge is 0.465 e. The van der Waals surface area contributed by atoms with Crippen LogP contribution in [0.25, 0.3) is 0 Å². The van der Waals surface area contributed by atoms with Gasteiger partial charge in [0.1, 0.15) is 0 Å². The number of hydrogen-bond donors (Lipinski definition) is 1. The lowest BCUT2D eigenvalue weighted by atomic mass is 10.0. The van der Waals surface area contributed by atoms with Crippen LogP contribution in [-0.4, -0.2) is 29.2 Å². The number of rotatable bonds is 0. The standard InChI is InChI=1S/C12H9Cl2NO2/c13-10-2-1-3-11(14)9(10)5-4-8-6-15(7-8)12(16)17/h1-3,8H,6-7H2,(H,16,17). The highest BCUT2D eigenvalue weighted by Gasteiger charge is 2.28. The van der Waals surface area contributed by atoms with Crippen molar-refractivity contribution in [3.8, 4) is 11.8 Å². The molecule has 0 unspecified atom stereocenters. The van der Waals surface area contributed by atoms with E-state index in [1.807, 2.05) is 0 Å². The molecule has 1 aliphatic rings. The molecule has 1 heterocycles. The molecule has 1 amide bonds. The molecule has 5 heteroatoms. The molecule has 88 valence electrons. The van der Waals surface area contributed by atoms with E-state index in [-0.39, 0.29) is 5.92 Å². The minimum absolute atomic E-state index is 0.0680. The third-order valence-corrected chi connectivity index (χ3v) is 3.15. The van der Waals surface area contributed by atoms with Gasteiger partial charge in [0.2, 0.25) is 0 Å². The summed E-state index contributed by atoms with van der Waals surface area (Å²) in [5.74, 6) is 5.96. The summed E-state index contributed by atoms with van der Waals surface area (Å²) in [4.78, 5) is 11.9. The van der Waals surface area contributed by atoms with Crippen molar-refractivity contribution in [1.29, 1.82) is 0 Å². The first-order valence-corrected chi connectivity index (χ1v) is 5.77. The Morgan fingerprint density at radius 2 is 1.94 bits per heavy atom. The molecule has 1 fully saturated rings. The fraction of sp³-hybridized carbons (Fsp3) is 0.250. The number of carbonyl (C=O) groups is 1. The molecule has 1 saturated heterocycles. The van der Waals surface area contributed by atoms with E-state index in [1.165, 1.54) is 4.90 Å². The van der Waals surface area contributed by atoms with Crippen molar-refractivity contribution in [2.24, 2.45) is 5.92 Å². The molecule has 1 aromatic rings. The lowest BCUT2D eigenvalue weighted by Gasteiger charge is -2.33. The van der Waals surface area contributed by atoms with E-state index in [4.69, 9.17) is 28.3 Å². The van der Waals surface area contributed by atoms with Crippen LogP contribution in [-0.2, 0) is 0 Å². The SMILES string of the molecule is O=C(O)N1CC(C#Cc2c(Cl)cccc2Cl)C1. The second kappa shape index (κ2) is 4.87. The minimum atomic E-state index is -0.904. The Hall–Kier alpha value is -1.37. The highest BCUT2D eigenvalue weighted by Crippen LogP contribution is 2.23. The van der Waals surface area contributed by atoms with E-state index in [1.54, 1.807) is 18.2 Å². The van der Waals surface area contributed by atoms with Crippen LogP contribution >= 0.6 is 23.2 Å². The van der Waals surface area contributed by atoms with Crippen molar-refractivity contribution in [3.63, 3.8) is 0 Å². The van der Waals surface area contributed by atoms with Gasteiger partial charge in [0.25, 0.3) is 0 Å². The van der Waals surface area contributed by atoms with Gasteiger partial charge in [-0.25, -0.2) is 4.79 Å². The minimum Gasteiger partial charge on any atom is -0.465 e. The third kappa shape index (κ3) is 2.66. The average Bonchev–Trinajstić information content (AvgIpc) is 2.18. The normalized spacial score (nSPS) is 14.8. The average molecular weight is 270 g/mol. The smallest absolute Gasteiger partial charge is 0.407 e. The molecule has 0 bridgehead atoms. The quantitative estimate of drug-likeness (QED) is 0.736. The van der Waals surface area contributed by atoms with Gasteiger partial charge in [-0.05, 0) is 12.1 Å². The zero-order valence-corrected chi connectivity index (χ0v) is 10.3. The summed E-state index contributed by atoms with van der Waals surface area (Å²) in [5, 5.41) is 9.69. The van der Waals surface area contributed by atoms with Gasteiger partial charge in [0.15, 0.2) is 0 Å². The third-order valence-electron chi connectivity index (χ3n) is 2.52. The summed E-state index contributed by atoms with van der Waals surface area (Å²) in [6.45, 7) is 0.898. The van der Waals surface area contributed by atoms with E-state index in [0.717, 1.165) is 0 Å². The Morgan fingerprint density at radius 3 is 2.47 bits per heavy atom. The number of benzene rings is 1. The van der Waals surface area contributed by atoms with Crippen molar-refractivity contribution < 1.29 is 9.90 Å². The number of hydrogen-bond acceptors (Lipinski definition) is 1. The summed E-state index contributed by atoms with van der Waals surface area (Å²) >= 11 is 11.9. The Bertz CT molecular complexity index is 493. The molecule has 17 heavy (non-hydrogen) atoms. The van der Waals surface area contributed by atoms with Crippen molar-refractivity contribution in [2.75, 3.05) is 13.1 Å². The monoisotopic (exact) mass is 269 g/mol. The molecule has 2 rings (SSSR count). The summed E-state index contributed by atoms with van der Waals surface area (Å²) < 4.78 is 0. The Labute approximate surface area is 109 Å². The molecule has 0 atom stereocenters. The molecule has 0 aromatic heterocycles. The highest BCUT2D eigenvalue weighted by molar-refractivity contribution is 6.36. The van der Waals surface area contributed by atoms with E-state index >= 15 is 0 Å². The summed E-state index contributed by atoms with van der Waals surface area (Å²) in [5.41, 5.74) is 0.601. The number of carboxylic acid groups (broad SMARTS) is 1. The van der Waals surface area contributed by atoms with Crippen LogP contribution in [0.15, 0.2) is 18.2 Å². The fourth-order valence-corrected chi connectivity index (χ4v) is 2.01. The van der Waals surface area contributed by atoms with E-state index in [9.17, 15) is 4.79 Å². The maximum Gasteiger partial charge on any atom is 0.407 e. The second-order valence-corrected chi connectivity index (χ2v) is 4.56. The maximum atomic E-state index is 10.5. The van der Waals surface area contributed by atoms with Gasteiger partial charge in [-0.1, -0.05) is 41.1 Å². The highest BCUT2D eigenvalue weighted by atomic mass is 35.5. The summed E-state index contributed by atoms with van der Waals surface area (Å²) in [6.07, 6.45) is -0.904. The van der Waals surface area contributed by atoms with Crippen LogP contribution in [0, 0.1) is 17.8 Å². The van der Waals surface area contributed by atoms with Crippen molar-refractivity contribution in [1.82, 2.24) is 4.90 Å². The summed E-state index contributed by atoms with van der Waals surface area (Å²) in [7, 11) is 0. The molecule has 0 spiro atoms. The number of amides is 1. The molecular formula is C12H9Cl2NO2. The molecule has 0 aliphatic carbocycles. The molecule has 3 nitrogen and oxygen atoms in total. The lowest BCUT2D eigenvalue weighted by Crippen LogP contribution is -2.48. The molecule has 0 radical (unpaired) electrons. The van der Waals surface area contributed by atoms with Crippen LogP contribution in [0.3, 0.4) is 0 Å². The van der Waals surface area contributed by atoms with E-state index < -0.39 is 6.09 Å². The zero-order valence-electron chi connectivity index (χ0n) is 8.78. The molecule has 1 N–H and O–H groups in total. The molecule has 1 aromatic carbocycles. The number of likely N-dealkylation sites (tertiary alicyclic amines) is 1. The topological polar surface area (TPSA) is 40.5 Å². The van der Waals surface area contributed by atoms with Gasteiger partial charge in [0.05, 0.1) is 21.5 Å². The maximum absolute atomic E-state index is 10.5. The molecule has 1 aliphatic heterocycles. The Morgan fingerprint density at radius 1 is 1.35 bits per heavy atom. The van der Waals surface area contributed by atoms with Crippen LogP contribution in [0.4, 0.5) is 4.79 Å². The first-order chi connectivity index (χ1) is 8.08. The Balaban J connectivity index is 2.06. The van der Waals surface area contributed by atoms with Crippen LogP contribution in [0.1, 0.15) is 5.56 Å². The zero-order chi connectivity index (χ0) is 12.4. The predicted octanol–water partition coefficient (Wildman–Crippen LogP) is 2.95. The predicted molar refractivity (Wildman–Crippen MR) is 66.4 cm³/mol. The number of nitrogens with zero attached hydrogens (tertiary/aromatic N) is 1. The van der Waals surface area contributed by atoms with Gasteiger partial charge in [-0.3, -0.25) is 0 Å². The first-order valence-electron chi connectivity index (χ1n) is 5.01. The van der Waals surface area contributed by atoms with Crippen molar-refractivity contribution in [2.45, 2.75) is 0 Å². The van der Waals surface area contributed by atoms with Gasteiger partial charge in [0, 0.05) is 13.1 Å². The fourth-order valence-electron chi connectivity index (χ4n) is 1.52. The lowest BCUT2D eigenvalue weighted by molar-refractivity contribution is 0.0999. The summed E-state index contributed by atoms with van der Waals surface area (Å²) in [6, 6.07) is 5.20. The Kier molecular flexibility index (Phi) is 3.46. The molecule has 0 saturated carbocycles. The van der Waals surface area contributed by atoms with Crippen LogP contribution in [0.2, 0.25) is 10.0 Å². The second-order valence-electron chi connectivity index (χ2n) is 3.75. The number of halogens is 2. The first kappa shape index (κ1) is 12.1. The van der Waals surface area contributed by atoms with Gasteiger partial charge in [-0.2, -0.15) is 0 Å². The van der Waals surface area contributed by atoms with Crippen molar-refractivity contribution >= 4 is 29.3 Å². The van der Waals surface area contributed by atoms with E-state index in [0.29, 0.717) is 28.7 Å². The van der Waals surface area contributed by atoms with Gasteiger partial charge in [-0.15, -0.1) is 0 Å². The van der Waals surface area contributed by atoms with E-state index in [2.05, 4.69) is 11.8 Å². The van der Waals surface area contributed by atoms with Crippen LogP contribution in [0.5, 0.6) is 0 Å².